The van der Waals surface area contributed by atoms with Crippen molar-refractivity contribution in [3.05, 3.63) is 0 Å². The normalized spacial score (nSPS) is 44.8. The molecule has 2 aliphatic rings. The Morgan fingerprint density at radius 1 is 1.31 bits per heavy atom. The van der Waals surface area contributed by atoms with Crippen LogP contribution >= 0.6 is 0 Å². The molecule has 94 valence electrons. The predicted octanol–water partition coefficient (Wildman–Crippen LogP) is 0.909. The number of rotatable bonds is 2. The van der Waals surface area contributed by atoms with Crippen molar-refractivity contribution in [1.82, 2.24) is 0 Å². The lowest BCUT2D eigenvalue weighted by atomic mass is 9.86. The van der Waals surface area contributed by atoms with E-state index in [1.807, 2.05) is 0 Å². The Kier molecular flexibility index (Phi) is 3.85. The van der Waals surface area contributed by atoms with Gasteiger partial charge in [-0.2, -0.15) is 0 Å². The van der Waals surface area contributed by atoms with E-state index in [9.17, 15) is 5.11 Å². The van der Waals surface area contributed by atoms with Gasteiger partial charge in [0.1, 0.15) is 0 Å². The van der Waals surface area contributed by atoms with Crippen molar-refractivity contribution in [2.45, 2.75) is 44.5 Å². The molecule has 0 saturated carbocycles. The lowest BCUT2D eigenvalue weighted by molar-refractivity contribution is -0.307. The Morgan fingerprint density at radius 3 is 2.56 bits per heavy atom. The molecule has 0 aliphatic carbocycles. The highest BCUT2D eigenvalue weighted by molar-refractivity contribution is 4.87. The van der Waals surface area contributed by atoms with E-state index in [0.717, 1.165) is 25.9 Å². The van der Waals surface area contributed by atoms with E-state index in [-0.39, 0.29) is 12.5 Å². The van der Waals surface area contributed by atoms with Crippen molar-refractivity contribution in [1.29, 1.82) is 0 Å². The Bertz CT molecular complexity index is 218. The maximum Gasteiger partial charge on any atom is 0.170 e. The second kappa shape index (κ2) is 5.00. The van der Waals surface area contributed by atoms with Crippen molar-refractivity contribution < 1.29 is 19.7 Å². The summed E-state index contributed by atoms with van der Waals surface area (Å²) in [5.74, 6) is -0.100. The summed E-state index contributed by atoms with van der Waals surface area (Å²) in [5, 5.41) is 18.9. The van der Waals surface area contributed by atoms with E-state index in [2.05, 4.69) is 6.92 Å². The first-order valence-electron chi connectivity index (χ1n) is 6.26. The maximum atomic E-state index is 9.89. The maximum absolute atomic E-state index is 9.89. The van der Waals surface area contributed by atoms with E-state index < -0.39 is 11.9 Å². The van der Waals surface area contributed by atoms with Gasteiger partial charge in [-0.3, -0.25) is 0 Å². The molecule has 0 amide bonds. The molecular formula is C12H22O4. The van der Waals surface area contributed by atoms with E-state index in [1.54, 1.807) is 0 Å². The monoisotopic (exact) mass is 230 g/mol. The van der Waals surface area contributed by atoms with Gasteiger partial charge in [0.2, 0.25) is 0 Å². The lowest BCUT2D eigenvalue weighted by Crippen LogP contribution is -2.51. The van der Waals surface area contributed by atoms with Crippen LogP contribution in [0.25, 0.3) is 0 Å². The van der Waals surface area contributed by atoms with Crippen LogP contribution in [0, 0.1) is 11.8 Å². The first kappa shape index (κ1) is 12.3. The van der Waals surface area contributed by atoms with Gasteiger partial charge >= 0.3 is 0 Å². The van der Waals surface area contributed by atoms with Crippen molar-refractivity contribution >= 4 is 0 Å². The molecule has 0 aromatic rings. The van der Waals surface area contributed by atoms with Crippen LogP contribution in [0.15, 0.2) is 0 Å². The highest BCUT2D eigenvalue weighted by atomic mass is 16.7. The fraction of sp³-hybridized carbons (Fsp3) is 1.00. The number of hydrogen-bond acceptors (Lipinski definition) is 4. The van der Waals surface area contributed by atoms with E-state index in [0.29, 0.717) is 18.9 Å². The summed E-state index contributed by atoms with van der Waals surface area (Å²) in [5.41, 5.74) is 0. The minimum absolute atomic E-state index is 0.0190. The molecule has 0 aromatic heterocycles. The Hall–Kier alpha value is -0.160. The minimum atomic E-state index is -0.573. The molecule has 2 N–H and O–H groups in total. The first-order chi connectivity index (χ1) is 7.69. The summed E-state index contributed by atoms with van der Waals surface area (Å²) >= 11 is 0. The summed E-state index contributed by atoms with van der Waals surface area (Å²) in [6, 6.07) is 0. The van der Waals surface area contributed by atoms with Crippen LogP contribution in [0.3, 0.4) is 0 Å². The third kappa shape index (κ3) is 2.40. The van der Waals surface area contributed by atoms with Gasteiger partial charge in [0, 0.05) is 18.8 Å². The smallest absolute Gasteiger partial charge is 0.170 e. The van der Waals surface area contributed by atoms with E-state index in [1.165, 1.54) is 0 Å². The number of hydrogen-bond donors (Lipinski definition) is 2. The molecule has 16 heavy (non-hydrogen) atoms. The zero-order valence-electron chi connectivity index (χ0n) is 9.89. The van der Waals surface area contributed by atoms with Gasteiger partial charge < -0.3 is 19.7 Å². The van der Waals surface area contributed by atoms with Crippen molar-refractivity contribution in [3.8, 4) is 0 Å². The second-order valence-corrected chi connectivity index (χ2v) is 5.06. The minimum Gasteiger partial charge on any atom is -0.396 e. The molecule has 1 spiro atoms. The average molecular weight is 230 g/mol. The molecule has 2 saturated heterocycles. The van der Waals surface area contributed by atoms with Crippen LogP contribution in [-0.2, 0) is 9.47 Å². The first-order valence-corrected chi connectivity index (χ1v) is 6.26. The molecule has 4 atom stereocenters. The van der Waals surface area contributed by atoms with Crippen LogP contribution in [0.4, 0.5) is 0 Å². The van der Waals surface area contributed by atoms with Gasteiger partial charge in [-0.1, -0.05) is 13.3 Å². The van der Waals surface area contributed by atoms with Crippen LogP contribution in [0.5, 0.6) is 0 Å². The summed E-state index contributed by atoms with van der Waals surface area (Å²) in [4.78, 5) is 0. The van der Waals surface area contributed by atoms with Crippen LogP contribution < -0.4 is 0 Å². The molecule has 4 nitrogen and oxygen atoms in total. The quantitative estimate of drug-likeness (QED) is 0.740. The van der Waals surface area contributed by atoms with Crippen LogP contribution in [0.2, 0.25) is 0 Å². The highest BCUT2D eigenvalue weighted by Crippen LogP contribution is 2.38. The Balaban J connectivity index is 1.91. The molecule has 0 bridgehead atoms. The van der Waals surface area contributed by atoms with Crippen molar-refractivity contribution in [2.24, 2.45) is 11.8 Å². The number of aliphatic hydroxyl groups is 2. The number of aliphatic hydroxyl groups excluding tert-OH is 2. The van der Waals surface area contributed by atoms with Gasteiger partial charge in [-0.25, -0.2) is 0 Å². The predicted molar refractivity (Wildman–Crippen MR) is 58.8 cm³/mol. The van der Waals surface area contributed by atoms with Gasteiger partial charge in [0.05, 0.1) is 25.9 Å². The van der Waals surface area contributed by atoms with E-state index in [4.69, 9.17) is 14.6 Å². The van der Waals surface area contributed by atoms with Crippen LogP contribution in [-0.4, -0.2) is 41.9 Å². The van der Waals surface area contributed by atoms with Gasteiger partial charge in [0.15, 0.2) is 5.79 Å². The second-order valence-electron chi connectivity index (χ2n) is 5.06. The molecule has 4 heteroatoms. The summed E-state index contributed by atoms with van der Waals surface area (Å²) in [6.07, 6.45) is 3.09. The highest BCUT2D eigenvalue weighted by Gasteiger charge is 2.44. The number of ether oxygens (including phenoxy) is 2. The van der Waals surface area contributed by atoms with E-state index >= 15 is 0 Å². The molecule has 2 aliphatic heterocycles. The Labute approximate surface area is 96.6 Å². The molecule has 2 rings (SSSR count). The summed E-state index contributed by atoms with van der Waals surface area (Å²) in [7, 11) is 0. The molecule has 2 heterocycles. The van der Waals surface area contributed by atoms with Gasteiger partial charge in [-0.05, 0) is 12.3 Å². The van der Waals surface area contributed by atoms with Crippen molar-refractivity contribution in [2.75, 3.05) is 19.8 Å². The lowest BCUT2D eigenvalue weighted by Gasteiger charge is -2.45. The zero-order chi connectivity index (χ0) is 11.6. The molecule has 0 aromatic carbocycles. The third-order valence-electron chi connectivity index (χ3n) is 3.95. The summed E-state index contributed by atoms with van der Waals surface area (Å²) in [6.45, 7) is 3.28. The standard InChI is InChI=1S/C12H22O4/c1-2-9-3-4-12(15-7-9)5-11(14)10(6-13)8-16-12/h9-11,13-14H,2-8H2,1H3/t9-,10-,11-,12?/m1/s1. The summed E-state index contributed by atoms with van der Waals surface area (Å²) < 4.78 is 11.5. The average Bonchev–Trinajstić information content (AvgIpc) is 2.30. The fourth-order valence-electron chi connectivity index (χ4n) is 2.53. The topological polar surface area (TPSA) is 58.9 Å². The fourth-order valence-corrected chi connectivity index (χ4v) is 2.53. The van der Waals surface area contributed by atoms with Crippen molar-refractivity contribution in [3.63, 3.8) is 0 Å². The van der Waals surface area contributed by atoms with Gasteiger partial charge in [0.25, 0.3) is 0 Å². The molecule has 0 radical (unpaired) electrons. The SMILES string of the molecule is CC[C@@H]1CCC2(C[C@@H](O)[C@H](CO)CO2)OC1. The largest absolute Gasteiger partial charge is 0.396 e. The molecule has 2 fully saturated rings. The zero-order valence-corrected chi connectivity index (χ0v) is 9.89. The van der Waals surface area contributed by atoms with Gasteiger partial charge in [-0.15, -0.1) is 0 Å². The molecule has 1 unspecified atom stereocenters. The Morgan fingerprint density at radius 2 is 2.06 bits per heavy atom. The third-order valence-corrected chi connectivity index (χ3v) is 3.95. The van der Waals surface area contributed by atoms with Crippen LogP contribution in [0.1, 0.15) is 32.6 Å². The molecular weight excluding hydrogens is 208 g/mol.